The number of hydrogen-bond acceptors (Lipinski definition) is 6. The van der Waals surface area contributed by atoms with E-state index in [-0.39, 0.29) is 0 Å². The topological polar surface area (TPSA) is 74.6 Å². The highest BCUT2D eigenvalue weighted by Crippen LogP contribution is 2.32. The van der Waals surface area contributed by atoms with Crippen LogP contribution < -0.4 is 15.0 Å². The summed E-state index contributed by atoms with van der Waals surface area (Å²) >= 11 is 0. The molecule has 1 N–H and O–H groups in total. The van der Waals surface area contributed by atoms with Gasteiger partial charge in [-0.05, 0) is 48.9 Å². The number of hydrogen-bond donors (Lipinski definition) is 1. The van der Waals surface area contributed by atoms with E-state index < -0.39 is 12.0 Å². The lowest BCUT2D eigenvalue weighted by Gasteiger charge is -2.22. The lowest BCUT2D eigenvalue weighted by atomic mass is 10.0. The van der Waals surface area contributed by atoms with Crippen LogP contribution in [0.1, 0.15) is 24.1 Å². The number of anilines is 2. The van der Waals surface area contributed by atoms with Gasteiger partial charge >= 0.3 is 5.97 Å². The quantitative estimate of drug-likeness (QED) is 0.770. The summed E-state index contributed by atoms with van der Waals surface area (Å²) in [5.41, 5.74) is 2.91. The molecule has 1 unspecified atom stereocenters. The van der Waals surface area contributed by atoms with Crippen LogP contribution in [0.2, 0.25) is 0 Å². The molecule has 0 aliphatic rings. The second-order valence-electron chi connectivity index (χ2n) is 5.84. The van der Waals surface area contributed by atoms with Crippen LogP contribution in [0.3, 0.4) is 0 Å². The van der Waals surface area contributed by atoms with Crippen LogP contribution >= 0.6 is 0 Å². The number of ether oxygens (including phenoxy) is 2. The summed E-state index contributed by atoms with van der Waals surface area (Å²) in [6, 6.07) is 13.9. The van der Waals surface area contributed by atoms with Crippen molar-refractivity contribution < 1.29 is 14.3 Å². The largest absolute Gasteiger partial charge is 0.492 e. The first-order valence-corrected chi connectivity index (χ1v) is 8.28. The van der Waals surface area contributed by atoms with Gasteiger partial charge in [-0.3, -0.25) is 0 Å². The number of carbonyl (C=O) groups excluding carboxylic acids is 1. The van der Waals surface area contributed by atoms with Gasteiger partial charge in [-0.25, -0.2) is 4.79 Å². The second-order valence-corrected chi connectivity index (χ2v) is 5.84. The molecule has 0 radical (unpaired) electrons. The summed E-state index contributed by atoms with van der Waals surface area (Å²) in [5.74, 6) is 0.353. The summed E-state index contributed by atoms with van der Waals surface area (Å²) in [4.78, 5) is 14.3. The molecule has 0 amide bonds. The highest BCUT2D eigenvalue weighted by molar-refractivity contribution is 5.82. The van der Waals surface area contributed by atoms with Crippen molar-refractivity contribution in [1.29, 1.82) is 5.26 Å². The van der Waals surface area contributed by atoms with Crippen molar-refractivity contribution >= 4 is 17.3 Å². The molecule has 2 aromatic rings. The molecular weight excluding hydrogens is 330 g/mol. The van der Waals surface area contributed by atoms with Gasteiger partial charge < -0.3 is 19.7 Å². The first-order chi connectivity index (χ1) is 12.5. The Bertz CT molecular complexity index is 795. The molecule has 0 aliphatic carbocycles. The van der Waals surface area contributed by atoms with E-state index in [9.17, 15) is 4.79 Å². The number of rotatable bonds is 7. The van der Waals surface area contributed by atoms with Gasteiger partial charge in [-0.1, -0.05) is 6.07 Å². The minimum absolute atomic E-state index is 0.400. The van der Waals surface area contributed by atoms with Crippen molar-refractivity contribution in [2.75, 3.05) is 38.0 Å². The van der Waals surface area contributed by atoms with Crippen LogP contribution in [0.25, 0.3) is 0 Å². The maximum atomic E-state index is 12.3. The predicted octanol–water partition coefficient (Wildman–Crippen LogP) is 3.35. The van der Waals surface area contributed by atoms with E-state index in [4.69, 9.17) is 14.7 Å². The van der Waals surface area contributed by atoms with Gasteiger partial charge in [-0.15, -0.1) is 0 Å². The Balaban J connectivity index is 2.38. The molecular formula is C20H23N3O3. The summed E-state index contributed by atoms with van der Waals surface area (Å²) in [6.45, 7) is 2.49. The fourth-order valence-corrected chi connectivity index (χ4v) is 2.54. The lowest BCUT2D eigenvalue weighted by molar-refractivity contribution is -0.141. The zero-order chi connectivity index (χ0) is 19.1. The third kappa shape index (κ3) is 4.45. The predicted molar refractivity (Wildman–Crippen MR) is 101 cm³/mol. The Morgan fingerprint density at radius 2 is 1.92 bits per heavy atom. The highest BCUT2D eigenvalue weighted by atomic mass is 16.5. The van der Waals surface area contributed by atoms with Crippen molar-refractivity contribution in [1.82, 2.24) is 0 Å². The molecule has 0 bridgehead atoms. The van der Waals surface area contributed by atoms with Gasteiger partial charge in [0.15, 0.2) is 6.04 Å². The van der Waals surface area contributed by atoms with Gasteiger partial charge in [0.25, 0.3) is 0 Å². The van der Waals surface area contributed by atoms with E-state index in [1.807, 2.05) is 44.1 Å². The summed E-state index contributed by atoms with van der Waals surface area (Å²) in [6.07, 6.45) is 0. The van der Waals surface area contributed by atoms with Crippen molar-refractivity contribution in [2.45, 2.75) is 13.0 Å². The molecule has 2 aromatic carbocycles. The Morgan fingerprint density at radius 3 is 2.46 bits per heavy atom. The monoisotopic (exact) mass is 353 g/mol. The molecule has 6 heteroatoms. The van der Waals surface area contributed by atoms with Gasteiger partial charge in [0.2, 0.25) is 0 Å². The van der Waals surface area contributed by atoms with E-state index in [2.05, 4.69) is 11.4 Å². The minimum atomic E-state index is -0.678. The van der Waals surface area contributed by atoms with Crippen LogP contribution in [-0.4, -0.2) is 33.8 Å². The molecule has 26 heavy (non-hydrogen) atoms. The van der Waals surface area contributed by atoms with Gasteiger partial charge in [0.05, 0.1) is 31.0 Å². The number of esters is 1. The maximum absolute atomic E-state index is 12.3. The van der Waals surface area contributed by atoms with Gasteiger partial charge in [-0.2, -0.15) is 5.26 Å². The Hall–Kier alpha value is -3.20. The molecule has 0 heterocycles. The van der Waals surface area contributed by atoms with Gasteiger partial charge in [0.1, 0.15) is 5.75 Å². The molecule has 2 rings (SSSR count). The lowest BCUT2D eigenvalue weighted by Crippen LogP contribution is -2.23. The van der Waals surface area contributed by atoms with E-state index in [1.54, 1.807) is 24.3 Å². The first kappa shape index (κ1) is 19.1. The van der Waals surface area contributed by atoms with Gasteiger partial charge in [0, 0.05) is 19.8 Å². The van der Waals surface area contributed by atoms with Crippen LogP contribution in [0.5, 0.6) is 5.75 Å². The van der Waals surface area contributed by atoms with Crippen molar-refractivity contribution in [3.63, 3.8) is 0 Å². The average molecular weight is 353 g/mol. The number of nitriles is 1. The third-order valence-corrected chi connectivity index (χ3v) is 3.86. The molecule has 0 aromatic heterocycles. The van der Waals surface area contributed by atoms with Crippen molar-refractivity contribution in [2.24, 2.45) is 0 Å². The van der Waals surface area contributed by atoms with E-state index in [0.717, 1.165) is 22.7 Å². The normalized spacial score (nSPS) is 11.2. The Kier molecular flexibility index (Phi) is 6.45. The first-order valence-electron chi connectivity index (χ1n) is 8.28. The molecule has 0 spiro atoms. The van der Waals surface area contributed by atoms with E-state index in [0.29, 0.717) is 12.2 Å². The Morgan fingerprint density at radius 1 is 1.23 bits per heavy atom. The number of benzene rings is 2. The van der Waals surface area contributed by atoms with Crippen LogP contribution in [0.15, 0.2) is 42.5 Å². The van der Waals surface area contributed by atoms with Crippen molar-refractivity contribution in [3.05, 3.63) is 53.6 Å². The molecule has 136 valence electrons. The Labute approximate surface area is 153 Å². The molecule has 0 saturated heterocycles. The number of methoxy groups -OCH3 is 1. The number of nitrogens with one attached hydrogen (secondary N) is 1. The molecule has 1 atom stereocenters. The van der Waals surface area contributed by atoms with Crippen LogP contribution in [0.4, 0.5) is 11.4 Å². The summed E-state index contributed by atoms with van der Waals surface area (Å²) < 4.78 is 10.6. The SMILES string of the molecule is CCOc1ccc(C(Nc2ccc(C#N)cc2)C(=O)OC)cc1N(C)C. The molecule has 0 fully saturated rings. The highest BCUT2D eigenvalue weighted by Gasteiger charge is 2.23. The zero-order valence-corrected chi connectivity index (χ0v) is 15.4. The van der Waals surface area contributed by atoms with E-state index in [1.165, 1.54) is 7.11 Å². The molecule has 6 nitrogen and oxygen atoms in total. The molecule has 0 saturated carbocycles. The third-order valence-electron chi connectivity index (χ3n) is 3.86. The fraction of sp³-hybridized carbons (Fsp3) is 0.300. The second kappa shape index (κ2) is 8.77. The summed E-state index contributed by atoms with van der Waals surface area (Å²) in [5, 5.41) is 12.1. The van der Waals surface area contributed by atoms with Crippen LogP contribution in [-0.2, 0) is 9.53 Å². The minimum Gasteiger partial charge on any atom is -0.492 e. The smallest absolute Gasteiger partial charge is 0.332 e. The molecule has 0 aliphatic heterocycles. The summed E-state index contributed by atoms with van der Waals surface area (Å²) in [7, 11) is 5.20. The zero-order valence-electron chi connectivity index (χ0n) is 15.4. The maximum Gasteiger partial charge on any atom is 0.332 e. The average Bonchev–Trinajstić information content (AvgIpc) is 2.66. The number of nitrogens with zero attached hydrogens (tertiary/aromatic N) is 2. The standard InChI is InChI=1S/C20H23N3O3/c1-5-26-18-11-8-15(12-17(18)23(2)3)19(20(24)25-4)22-16-9-6-14(13-21)7-10-16/h6-12,19,22H,5H2,1-4H3. The fourth-order valence-electron chi connectivity index (χ4n) is 2.54. The van der Waals surface area contributed by atoms with Crippen molar-refractivity contribution in [3.8, 4) is 11.8 Å². The number of carbonyl (C=O) groups is 1. The van der Waals surface area contributed by atoms with Crippen LogP contribution in [0, 0.1) is 11.3 Å². The van der Waals surface area contributed by atoms with E-state index >= 15 is 0 Å².